The highest BCUT2D eigenvalue weighted by Crippen LogP contribution is 2.16. The van der Waals surface area contributed by atoms with E-state index in [4.69, 9.17) is 5.11 Å². The van der Waals surface area contributed by atoms with Crippen LogP contribution in [0.5, 0.6) is 0 Å². The van der Waals surface area contributed by atoms with E-state index >= 15 is 0 Å². The molecule has 0 bridgehead atoms. The summed E-state index contributed by atoms with van der Waals surface area (Å²) in [7, 11) is -3.82. The van der Waals surface area contributed by atoms with Gasteiger partial charge in [0.15, 0.2) is 9.84 Å². The van der Waals surface area contributed by atoms with Crippen molar-refractivity contribution in [1.29, 1.82) is 0 Å². The molecule has 0 aliphatic carbocycles. The Kier molecular flexibility index (Phi) is 6.21. The molecule has 0 aromatic heterocycles. The van der Waals surface area contributed by atoms with Crippen molar-refractivity contribution in [2.24, 2.45) is 0 Å². The Morgan fingerprint density at radius 1 is 1.04 bits per heavy atom. The zero-order valence-electron chi connectivity index (χ0n) is 13.7. The number of nitrogens with one attached hydrogen (secondary N) is 1. The lowest BCUT2D eigenvalue weighted by molar-refractivity contribution is -0.139. The minimum absolute atomic E-state index is 0.0314. The van der Waals surface area contributed by atoms with Crippen LogP contribution >= 0.6 is 0 Å². The van der Waals surface area contributed by atoms with Gasteiger partial charge in [0.05, 0.1) is 10.6 Å². The fourth-order valence-electron chi connectivity index (χ4n) is 2.27. The minimum atomic E-state index is -3.82. The lowest BCUT2D eigenvalue weighted by Crippen LogP contribution is -2.42. The van der Waals surface area contributed by atoms with Gasteiger partial charge in [0.1, 0.15) is 29.1 Å². The van der Waals surface area contributed by atoms with Crippen molar-refractivity contribution in [3.8, 4) is 0 Å². The van der Waals surface area contributed by atoms with Gasteiger partial charge in [0.25, 0.3) is 5.91 Å². The Labute approximate surface area is 152 Å². The number of benzene rings is 2. The molecule has 2 aromatic rings. The molecule has 0 heterocycles. The van der Waals surface area contributed by atoms with Gasteiger partial charge in [0.2, 0.25) is 0 Å². The summed E-state index contributed by atoms with van der Waals surface area (Å²) < 4.78 is 64.5. The van der Waals surface area contributed by atoms with Gasteiger partial charge in [-0.05, 0) is 18.6 Å². The smallest absolute Gasteiger partial charge is 0.326 e. The normalized spacial score (nSPS) is 12.4. The van der Waals surface area contributed by atoms with Gasteiger partial charge in [-0.15, -0.1) is 0 Å². The third-order valence-electron chi connectivity index (χ3n) is 3.61. The molecule has 0 spiro atoms. The summed E-state index contributed by atoms with van der Waals surface area (Å²) in [5.74, 6) is -7.91. The Morgan fingerprint density at radius 3 is 2.11 bits per heavy atom. The third kappa shape index (κ3) is 5.07. The van der Waals surface area contributed by atoms with Crippen molar-refractivity contribution in [1.82, 2.24) is 5.32 Å². The van der Waals surface area contributed by atoms with Gasteiger partial charge in [-0.1, -0.05) is 18.2 Å². The van der Waals surface area contributed by atoms with Crippen LogP contribution in [-0.2, 0) is 14.6 Å². The molecule has 1 atom stereocenters. The van der Waals surface area contributed by atoms with Crippen LogP contribution in [0.1, 0.15) is 16.8 Å². The largest absolute Gasteiger partial charge is 0.480 e. The first-order chi connectivity index (χ1) is 12.6. The third-order valence-corrected chi connectivity index (χ3v) is 5.38. The number of halogens is 3. The topological polar surface area (TPSA) is 101 Å². The molecule has 0 saturated carbocycles. The maximum atomic E-state index is 13.6. The van der Waals surface area contributed by atoms with Gasteiger partial charge in [-0.2, -0.15) is 0 Å². The molecule has 0 radical (unpaired) electrons. The highest BCUT2D eigenvalue weighted by Gasteiger charge is 2.27. The van der Waals surface area contributed by atoms with Crippen LogP contribution in [0.4, 0.5) is 13.2 Å². The van der Waals surface area contributed by atoms with Gasteiger partial charge in [0, 0.05) is 12.1 Å². The summed E-state index contributed by atoms with van der Waals surface area (Å²) >= 11 is 0. The van der Waals surface area contributed by atoms with Crippen molar-refractivity contribution >= 4 is 21.7 Å². The predicted molar refractivity (Wildman–Crippen MR) is 88.3 cm³/mol. The molecule has 0 aliphatic rings. The molecule has 2 aromatic carbocycles. The second-order valence-corrected chi connectivity index (χ2v) is 7.64. The van der Waals surface area contributed by atoms with E-state index in [9.17, 15) is 31.2 Å². The summed E-state index contributed by atoms with van der Waals surface area (Å²) in [5, 5.41) is 11.0. The van der Waals surface area contributed by atoms with Gasteiger partial charge in [-0.3, -0.25) is 4.79 Å². The average molecular weight is 401 g/mol. The molecule has 2 rings (SSSR count). The van der Waals surface area contributed by atoms with Gasteiger partial charge >= 0.3 is 5.97 Å². The van der Waals surface area contributed by atoms with Crippen LogP contribution in [0.25, 0.3) is 0 Å². The second-order valence-electron chi connectivity index (χ2n) is 5.53. The Bertz CT molecular complexity index is 941. The molecule has 0 saturated heterocycles. The van der Waals surface area contributed by atoms with E-state index < -0.39 is 62.9 Å². The molecular formula is C17H14F3NO5S. The predicted octanol–water partition coefficient (Wildman–Crippen LogP) is 2.15. The number of carbonyl (C=O) groups is 2. The van der Waals surface area contributed by atoms with Crippen molar-refractivity contribution in [2.75, 3.05) is 5.75 Å². The Hall–Kier alpha value is -2.88. The van der Waals surface area contributed by atoms with E-state index in [2.05, 4.69) is 0 Å². The fraction of sp³-hybridized carbons (Fsp3) is 0.176. The standard InChI is InChI=1S/C17H14F3NO5S/c18-10-8-12(19)15(13(20)9-10)16(22)21-14(17(23)24)6-7-27(25,26)11-4-2-1-3-5-11/h1-5,8-9,14H,6-7H2,(H,21,22)(H,23,24)/t14-/m1/s1. The summed E-state index contributed by atoms with van der Waals surface area (Å²) in [4.78, 5) is 23.2. The van der Waals surface area contributed by atoms with Crippen LogP contribution in [-0.4, -0.2) is 37.2 Å². The van der Waals surface area contributed by atoms with E-state index in [1.165, 1.54) is 24.3 Å². The number of carboxylic acids is 1. The molecule has 10 heteroatoms. The quantitative estimate of drug-likeness (QED) is 0.741. The van der Waals surface area contributed by atoms with Crippen molar-refractivity contribution < 1.29 is 36.3 Å². The lowest BCUT2D eigenvalue weighted by atomic mass is 10.1. The molecule has 0 unspecified atom stereocenters. The zero-order chi connectivity index (χ0) is 20.2. The lowest BCUT2D eigenvalue weighted by Gasteiger charge is -2.15. The maximum Gasteiger partial charge on any atom is 0.326 e. The van der Waals surface area contributed by atoms with Crippen molar-refractivity contribution in [2.45, 2.75) is 17.4 Å². The Balaban J connectivity index is 2.15. The molecule has 0 aliphatic heterocycles. The van der Waals surface area contributed by atoms with Gasteiger partial charge < -0.3 is 10.4 Å². The highest BCUT2D eigenvalue weighted by atomic mass is 32.2. The maximum absolute atomic E-state index is 13.6. The number of hydrogen-bond donors (Lipinski definition) is 2. The second kappa shape index (κ2) is 8.21. The van der Waals surface area contributed by atoms with Crippen LogP contribution in [0, 0.1) is 17.5 Å². The molecule has 1 amide bonds. The molecule has 2 N–H and O–H groups in total. The van der Waals surface area contributed by atoms with E-state index in [1.54, 1.807) is 6.07 Å². The van der Waals surface area contributed by atoms with Crippen molar-refractivity contribution in [3.05, 3.63) is 65.5 Å². The monoisotopic (exact) mass is 401 g/mol. The number of carboxylic acid groups (broad SMARTS) is 1. The number of aliphatic carboxylic acids is 1. The average Bonchev–Trinajstić information content (AvgIpc) is 2.58. The molecular weight excluding hydrogens is 387 g/mol. The van der Waals surface area contributed by atoms with E-state index in [0.29, 0.717) is 0 Å². The molecule has 0 fully saturated rings. The van der Waals surface area contributed by atoms with Crippen LogP contribution < -0.4 is 5.32 Å². The number of amides is 1. The minimum Gasteiger partial charge on any atom is -0.480 e. The van der Waals surface area contributed by atoms with Crippen LogP contribution in [0.3, 0.4) is 0 Å². The fourth-order valence-corrected chi connectivity index (χ4v) is 3.62. The molecule has 144 valence electrons. The summed E-state index contributed by atoms with van der Waals surface area (Å²) in [6.45, 7) is 0. The summed E-state index contributed by atoms with van der Waals surface area (Å²) in [6.07, 6.45) is -0.539. The number of carbonyl (C=O) groups excluding carboxylic acids is 1. The number of hydrogen-bond acceptors (Lipinski definition) is 4. The SMILES string of the molecule is O=C(N[C@H](CCS(=O)(=O)c1ccccc1)C(=O)O)c1c(F)cc(F)cc1F. The van der Waals surface area contributed by atoms with E-state index in [0.717, 1.165) is 0 Å². The first-order valence-electron chi connectivity index (χ1n) is 7.58. The highest BCUT2D eigenvalue weighted by molar-refractivity contribution is 7.91. The molecule has 27 heavy (non-hydrogen) atoms. The number of sulfone groups is 1. The van der Waals surface area contributed by atoms with E-state index in [1.807, 2.05) is 5.32 Å². The van der Waals surface area contributed by atoms with Crippen molar-refractivity contribution in [3.63, 3.8) is 0 Å². The van der Waals surface area contributed by atoms with Crippen LogP contribution in [0.15, 0.2) is 47.4 Å². The Morgan fingerprint density at radius 2 is 1.59 bits per heavy atom. The summed E-state index contributed by atoms with van der Waals surface area (Å²) in [5.41, 5.74) is -1.16. The number of rotatable bonds is 7. The molecule has 6 nitrogen and oxygen atoms in total. The van der Waals surface area contributed by atoms with E-state index in [-0.39, 0.29) is 17.0 Å². The zero-order valence-corrected chi connectivity index (χ0v) is 14.5. The van der Waals surface area contributed by atoms with Crippen LogP contribution in [0.2, 0.25) is 0 Å². The summed E-state index contributed by atoms with van der Waals surface area (Å²) in [6, 6.07) is 6.05. The first kappa shape index (κ1) is 20.4. The van der Waals surface area contributed by atoms with Gasteiger partial charge in [-0.25, -0.2) is 26.4 Å². The first-order valence-corrected chi connectivity index (χ1v) is 9.23.